The molecule has 0 aromatic heterocycles. The third-order valence-corrected chi connectivity index (χ3v) is 3.35. The summed E-state index contributed by atoms with van der Waals surface area (Å²) < 4.78 is 11.0. The van der Waals surface area contributed by atoms with Crippen LogP contribution in [0.2, 0.25) is 0 Å². The number of ether oxygens (including phenoxy) is 2. The summed E-state index contributed by atoms with van der Waals surface area (Å²) in [5, 5.41) is 3.35. The maximum Gasteiger partial charge on any atom is 0.123 e. The van der Waals surface area contributed by atoms with Gasteiger partial charge in [-0.3, -0.25) is 0 Å². The predicted octanol–water partition coefficient (Wildman–Crippen LogP) is 2.88. The molecule has 3 rings (SSSR count). The van der Waals surface area contributed by atoms with Gasteiger partial charge in [0.15, 0.2) is 0 Å². The van der Waals surface area contributed by atoms with E-state index in [0.717, 1.165) is 24.6 Å². The SMILES string of the molecule is COc1cccc(OCc2ccc3c(c2)CNC3)c1. The quantitative estimate of drug-likeness (QED) is 0.911. The van der Waals surface area contributed by atoms with Crippen molar-refractivity contribution in [3.63, 3.8) is 0 Å². The van der Waals surface area contributed by atoms with E-state index in [1.165, 1.54) is 16.7 Å². The summed E-state index contributed by atoms with van der Waals surface area (Å²) in [5.41, 5.74) is 3.97. The smallest absolute Gasteiger partial charge is 0.123 e. The topological polar surface area (TPSA) is 30.5 Å². The monoisotopic (exact) mass is 255 g/mol. The lowest BCUT2D eigenvalue weighted by Crippen LogP contribution is -2.00. The van der Waals surface area contributed by atoms with E-state index in [1.54, 1.807) is 7.11 Å². The summed E-state index contributed by atoms with van der Waals surface area (Å²) in [7, 11) is 1.66. The van der Waals surface area contributed by atoms with Crippen molar-refractivity contribution in [3.05, 3.63) is 59.2 Å². The second-order valence-corrected chi connectivity index (χ2v) is 4.67. The molecule has 0 radical (unpaired) electrons. The number of rotatable bonds is 4. The summed E-state index contributed by atoms with van der Waals surface area (Å²) in [6.07, 6.45) is 0. The van der Waals surface area contributed by atoms with Crippen LogP contribution < -0.4 is 14.8 Å². The second-order valence-electron chi connectivity index (χ2n) is 4.67. The molecule has 3 nitrogen and oxygen atoms in total. The highest BCUT2D eigenvalue weighted by Crippen LogP contribution is 2.21. The Morgan fingerprint density at radius 2 is 1.84 bits per heavy atom. The Bertz CT molecular complexity index is 581. The van der Waals surface area contributed by atoms with E-state index in [9.17, 15) is 0 Å². The lowest BCUT2D eigenvalue weighted by atomic mass is 10.1. The van der Waals surface area contributed by atoms with Crippen LogP contribution in [0.15, 0.2) is 42.5 Å². The van der Waals surface area contributed by atoms with E-state index in [4.69, 9.17) is 9.47 Å². The summed E-state index contributed by atoms with van der Waals surface area (Å²) in [4.78, 5) is 0. The molecule has 1 heterocycles. The molecular weight excluding hydrogens is 238 g/mol. The molecule has 0 amide bonds. The summed E-state index contributed by atoms with van der Waals surface area (Å²) in [6.45, 7) is 2.52. The van der Waals surface area contributed by atoms with Crippen molar-refractivity contribution in [3.8, 4) is 11.5 Å². The molecule has 0 unspecified atom stereocenters. The summed E-state index contributed by atoms with van der Waals surface area (Å²) >= 11 is 0. The van der Waals surface area contributed by atoms with Crippen LogP contribution in [0.4, 0.5) is 0 Å². The molecule has 0 spiro atoms. The van der Waals surface area contributed by atoms with Gasteiger partial charge in [0.25, 0.3) is 0 Å². The number of methoxy groups -OCH3 is 1. The first-order chi connectivity index (χ1) is 9.35. The van der Waals surface area contributed by atoms with Gasteiger partial charge in [0, 0.05) is 19.2 Å². The zero-order chi connectivity index (χ0) is 13.1. The van der Waals surface area contributed by atoms with Gasteiger partial charge in [-0.25, -0.2) is 0 Å². The molecule has 0 bridgehead atoms. The third-order valence-electron chi connectivity index (χ3n) is 3.35. The van der Waals surface area contributed by atoms with E-state index in [1.807, 2.05) is 24.3 Å². The molecule has 0 atom stereocenters. The number of benzene rings is 2. The van der Waals surface area contributed by atoms with E-state index in [0.29, 0.717) is 6.61 Å². The van der Waals surface area contributed by atoms with Gasteiger partial charge in [0.1, 0.15) is 18.1 Å². The Kier molecular flexibility index (Phi) is 3.38. The summed E-state index contributed by atoms with van der Waals surface area (Å²) in [6, 6.07) is 14.2. The zero-order valence-electron chi connectivity index (χ0n) is 11.0. The second kappa shape index (κ2) is 5.33. The first-order valence-electron chi connectivity index (χ1n) is 6.43. The van der Waals surface area contributed by atoms with Gasteiger partial charge in [-0.05, 0) is 28.8 Å². The minimum absolute atomic E-state index is 0.584. The zero-order valence-corrected chi connectivity index (χ0v) is 11.0. The van der Waals surface area contributed by atoms with Gasteiger partial charge in [-0.1, -0.05) is 24.3 Å². The molecular formula is C16H17NO2. The molecule has 0 aliphatic carbocycles. The Balaban J connectivity index is 1.68. The molecule has 2 aromatic rings. The summed E-state index contributed by atoms with van der Waals surface area (Å²) in [5.74, 6) is 1.65. The highest BCUT2D eigenvalue weighted by atomic mass is 16.5. The van der Waals surface area contributed by atoms with Gasteiger partial charge in [0.05, 0.1) is 7.11 Å². The Hall–Kier alpha value is -2.00. The average Bonchev–Trinajstić information content (AvgIpc) is 2.93. The fourth-order valence-electron chi connectivity index (χ4n) is 2.30. The number of nitrogens with one attached hydrogen (secondary N) is 1. The maximum atomic E-state index is 5.79. The van der Waals surface area contributed by atoms with Crippen molar-refractivity contribution in [2.24, 2.45) is 0 Å². The molecule has 2 aromatic carbocycles. The minimum atomic E-state index is 0.584. The normalized spacial score (nSPS) is 13.1. The lowest BCUT2D eigenvalue weighted by molar-refractivity contribution is 0.303. The van der Waals surface area contributed by atoms with Crippen molar-refractivity contribution in [1.82, 2.24) is 5.32 Å². The van der Waals surface area contributed by atoms with Crippen LogP contribution in [0, 0.1) is 0 Å². The average molecular weight is 255 g/mol. The van der Waals surface area contributed by atoms with Crippen molar-refractivity contribution in [2.75, 3.05) is 7.11 Å². The standard InChI is InChI=1S/C16H17NO2/c1-18-15-3-2-4-16(8-15)19-11-12-5-6-13-9-17-10-14(13)7-12/h2-8,17H,9-11H2,1H3. The van der Waals surface area contributed by atoms with Crippen LogP contribution >= 0.6 is 0 Å². The van der Waals surface area contributed by atoms with Gasteiger partial charge in [0.2, 0.25) is 0 Å². The minimum Gasteiger partial charge on any atom is -0.497 e. The fraction of sp³-hybridized carbons (Fsp3) is 0.250. The highest BCUT2D eigenvalue weighted by Gasteiger charge is 2.10. The Labute approximate surface area is 113 Å². The van der Waals surface area contributed by atoms with E-state index in [-0.39, 0.29) is 0 Å². The van der Waals surface area contributed by atoms with E-state index >= 15 is 0 Å². The first-order valence-corrected chi connectivity index (χ1v) is 6.43. The molecule has 0 saturated heterocycles. The van der Waals surface area contributed by atoms with Gasteiger partial charge in [-0.15, -0.1) is 0 Å². The lowest BCUT2D eigenvalue weighted by Gasteiger charge is -2.09. The molecule has 0 saturated carbocycles. The van der Waals surface area contributed by atoms with Crippen LogP contribution in [0.3, 0.4) is 0 Å². The van der Waals surface area contributed by atoms with Crippen LogP contribution in [0.1, 0.15) is 16.7 Å². The van der Waals surface area contributed by atoms with Gasteiger partial charge in [-0.2, -0.15) is 0 Å². The van der Waals surface area contributed by atoms with E-state index in [2.05, 4.69) is 23.5 Å². The third kappa shape index (κ3) is 2.71. The van der Waals surface area contributed by atoms with Crippen LogP contribution in [0.25, 0.3) is 0 Å². The predicted molar refractivity (Wildman–Crippen MR) is 74.3 cm³/mol. The van der Waals surface area contributed by atoms with E-state index < -0.39 is 0 Å². The number of fused-ring (bicyclic) bond motifs is 1. The van der Waals surface area contributed by atoms with Crippen molar-refractivity contribution >= 4 is 0 Å². The highest BCUT2D eigenvalue weighted by molar-refractivity contribution is 5.35. The molecule has 1 aliphatic heterocycles. The Morgan fingerprint density at radius 3 is 2.74 bits per heavy atom. The van der Waals surface area contributed by atoms with Gasteiger partial charge < -0.3 is 14.8 Å². The van der Waals surface area contributed by atoms with Crippen molar-refractivity contribution < 1.29 is 9.47 Å². The number of hydrogen-bond acceptors (Lipinski definition) is 3. The number of hydrogen-bond donors (Lipinski definition) is 1. The molecule has 0 fully saturated rings. The molecule has 1 N–H and O–H groups in total. The van der Waals surface area contributed by atoms with Crippen LogP contribution in [0.5, 0.6) is 11.5 Å². The molecule has 19 heavy (non-hydrogen) atoms. The molecule has 3 heteroatoms. The fourth-order valence-corrected chi connectivity index (χ4v) is 2.30. The largest absolute Gasteiger partial charge is 0.497 e. The van der Waals surface area contributed by atoms with Crippen LogP contribution in [-0.2, 0) is 19.7 Å². The maximum absolute atomic E-state index is 5.79. The molecule has 98 valence electrons. The van der Waals surface area contributed by atoms with Crippen LogP contribution in [-0.4, -0.2) is 7.11 Å². The van der Waals surface area contributed by atoms with Crippen molar-refractivity contribution in [1.29, 1.82) is 0 Å². The first kappa shape index (κ1) is 12.1. The van der Waals surface area contributed by atoms with Crippen molar-refractivity contribution in [2.45, 2.75) is 19.7 Å². The molecule has 1 aliphatic rings. The van der Waals surface area contributed by atoms with Gasteiger partial charge >= 0.3 is 0 Å². The Morgan fingerprint density at radius 1 is 1.00 bits per heavy atom.